The van der Waals surface area contributed by atoms with E-state index < -0.39 is 0 Å². The van der Waals surface area contributed by atoms with Crippen molar-refractivity contribution in [2.75, 3.05) is 0 Å². The van der Waals surface area contributed by atoms with E-state index in [0.717, 1.165) is 0 Å². The van der Waals surface area contributed by atoms with Crippen LogP contribution in [-0.4, -0.2) is 0 Å². The maximum Gasteiger partial charge on any atom is -0.0182 e. The first-order valence-corrected chi connectivity index (χ1v) is 8.37. The van der Waals surface area contributed by atoms with Gasteiger partial charge < -0.3 is 0 Å². The molecule has 0 spiro atoms. The second-order valence-corrected chi connectivity index (χ2v) is 5.41. The molecule has 0 saturated carbocycles. The molecule has 0 unspecified atom stereocenters. The number of benzene rings is 2. The van der Waals surface area contributed by atoms with Gasteiger partial charge in [0.05, 0.1) is 0 Å². The Kier molecular flexibility index (Phi) is 13.5. The highest BCUT2D eigenvalue weighted by Crippen LogP contribution is 2.18. The van der Waals surface area contributed by atoms with Crippen LogP contribution in [0.4, 0.5) is 0 Å². The Hall–Kier alpha value is -2.08. The van der Waals surface area contributed by atoms with Crippen LogP contribution >= 0.6 is 0 Å². The average molecular weight is 325 g/mol. The molecule has 2 rings (SSSR count). The summed E-state index contributed by atoms with van der Waals surface area (Å²) < 4.78 is 0. The molecule has 132 valence electrons. The molecule has 0 heteroatoms. The van der Waals surface area contributed by atoms with Crippen LogP contribution in [0.5, 0.6) is 0 Å². The SMILES string of the molecule is C.C=C/C(=C\C)c1cc(C)cc(C)c1.CC.Cc1ccccc1C. The molecule has 0 aliphatic carbocycles. The molecule has 2 aromatic rings. The summed E-state index contributed by atoms with van der Waals surface area (Å²) in [6.45, 7) is 18.3. The zero-order valence-corrected chi connectivity index (χ0v) is 15.9. The Morgan fingerprint density at radius 1 is 0.833 bits per heavy atom. The monoisotopic (exact) mass is 324 g/mol. The molecule has 0 aliphatic rings. The number of rotatable bonds is 2. The Morgan fingerprint density at radius 3 is 1.54 bits per heavy atom. The fourth-order valence-electron chi connectivity index (χ4n) is 2.21. The normalized spacial score (nSPS) is 9.54. The minimum absolute atomic E-state index is 0. The maximum absolute atomic E-state index is 3.80. The molecule has 0 saturated heterocycles. The van der Waals surface area contributed by atoms with Gasteiger partial charge in [-0.3, -0.25) is 0 Å². The van der Waals surface area contributed by atoms with E-state index in [2.05, 4.69) is 82.8 Å². The van der Waals surface area contributed by atoms with Gasteiger partial charge in [0.15, 0.2) is 0 Å². The molecular formula is C24H36. The van der Waals surface area contributed by atoms with Gasteiger partial charge >= 0.3 is 0 Å². The van der Waals surface area contributed by atoms with Crippen molar-refractivity contribution in [2.24, 2.45) is 0 Å². The lowest BCUT2D eigenvalue weighted by atomic mass is 10.0. The first kappa shape index (κ1) is 24.2. The van der Waals surface area contributed by atoms with Gasteiger partial charge in [0.25, 0.3) is 0 Å². The van der Waals surface area contributed by atoms with Crippen molar-refractivity contribution >= 4 is 5.57 Å². The second kappa shape index (κ2) is 13.4. The van der Waals surface area contributed by atoms with Crippen molar-refractivity contribution in [1.29, 1.82) is 0 Å². The Labute approximate surface area is 151 Å². The third kappa shape index (κ3) is 8.53. The lowest BCUT2D eigenvalue weighted by Gasteiger charge is -2.04. The quantitative estimate of drug-likeness (QED) is 0.493. The molecule has 0 aliphatic heterocycles. The fourth-order valence-corrected chi connectivity index (χ4v) is 2.21. The number of allylic oxidation sites excluding steroid dienone is 3. The van der Waals surface area contributed by atoms with Crippen LogP contribution < -0.4 is 0 Å². The van der Waals surface area contributed by atoms with Crippen molar-refractivity contribution in [2.45, 2.75) is 55.9 Å². The van der Waals surface area contributed by atoms with E-state index in [9.17, 15) is 0 Å². The van der Waals surface area contributed by atoms with Crippen LogP contribution in [0, 0.1) is 27.7 Å². The molecule has 2 aromatic carbocycles. The van der Waals surface area contributed by atoms with Crippen LogP contribution in [0.3, 0.4) is 0 Å². The molecule has 24 heavy (non-hydrogen) atoms. The fraction of sp³-hybridized carbons (Fsp3) is 0.333. The Bertz CT molecular complexity index is 589. The second-order valence-electron chi connectivity index (χ2n) is 5.41. The average Bonchev–Trinajstić information content (AvgIpc) is 2.53. The van der Waals surface area contributed by atoms with Crippen molar-refractivity contribution in [3.05, 3.63) is 89.0 Å². The van der Waals surface area contributed by atoms with Crippen molar-refractivity contribution in [3.63, 3.8) is 0 Å². The molecule has 0 heterocycles. The van der Waals surface area contributed by atoms with Gasteiger partial charge in [-0.2, -0.15) is 0 Å². The Morgan fingerprint density at radius 2 is 1.25 bits per heavy atom. The molecular weight excluding hydrogens is 288 g/mol. The highest BCUT2D eigenvalue weighted by atomic mass is 14.0. The summed E-state index contributed by atoms with van der Waals surface area (Å²) in [5.41, 5.74) is 7.80. The molecule has 0 aromatic heterocycles. The van der Waals surface area contributed by atoms with E-state index in [1.807, 2.05) is 26.8 Å². The highest BCUT2D eigenvalue weighted by molar-refractivity contribution is 5.73. The van der Waals surface area contributed by atoms with Gasteiger partial charge in [0.1, 0.15) is 0 Å². The number of hydrogen-bond acceptors (Lipinski definition) is 0. The molecule has 0 nitrogen and oxygen atoms in total. The largest absolute Gasteiger partial charge is 0.0985 e. The lowest BCUT2D eigenvalue weighted by molar-refractivity contribution is 1.34. The Balaban J connectivity index is 0. The summed E-state index contributed by atoms with van der Waals surface area (Å²) in [5, 5.41) is 0. The summed E-state index contributed by atoms with van der Waals surface area (Å²) in [7, 11) is 0. The molecule has 0 radical (unpaired) electrons. The third-order valence-corrected chi connectivity index (χ3v) is 3.51. The lowest BCUT2D eigenvalue weighted by Crippen LogP contribution is -1.84. The molecule has 0 N–H and O–H groups in total. The predicted octanol–water partition coefficient (Wildman–Crippen LogP) is 7.86. The zero-order chi connectivity index (χ0) is 17.8. The van der Waals surface area contributed by atoms with Gasteiger partial charge in [-0.15, -0.1) is 0 Å². The maximum atomic E-state index is 3.80. The van der Waals surface area contributed by atoms with Gasteiger partial charge in [0.2, 0.25) is 0 Å². The van der Waals surface area contributed by atoms with Crippen molar-refractivity contribution < 1.29 is 0 Å². The number of hydrogen-bond donors (Lipinski definition) is 0. The zero-order valence-electron chi connectivity index (χ0n) is 15.9. The van der Waals surface area contributed by atoms with Gasteiger partial charge in [0, 0.05) is 0 Å². The smallest absolute Gasteiger partial charge is 0.0182 e. The van der Waals surface area contributed by atoms with Crippen molar-refractivity contribution in [3.8, 4) is 0 Å². The minimum Gasteiger partial charge on any atom is -0.0985 e. The van der Waals surface area contributed by atoms with E-state index in [-0.39, 0.29) is 7.43 Å². The van der Waals surface area contributed by atoms with E-state index in [4.69, 9.17) is 0 Å². The summed E-state index contributed by atoms with van der Waals surface area (Å²) in [4.78, 5) is 0. The highest BCUT2D eigenvalue weighted by Gasteiger charge is 1.97. The first-order chi connectivity index (χ1) is 11.0. The van der Waals surface area contributed by atoms with E-state index in [1.54, 1.807) is 0 Å². The van der Waals surface area contributed by atoms with Gasteiger partial charge in [-0.1, -0.05) is 93.6 Å². The summed E-state index contributed by atoms with van der Waals surface area (Å²) in [5.74, 6) is 0. The standard InChI is InChI=1S/C13H16.C8H10.C2H6.CH4/c1-5-12(6-2)13-8-10(3)7-11(4)9-13;1-7-5-3-4-6-8(7)2;1-2;/h5-9H,1H2,2-4H3;3-6H,1-2H3;1-2H3;1H4/b12-6+;;;. The summed E-state index contributed by atoms with van der Waals surface area (Å²) in [6, 6.07) is 14.9. The summed E-state index contributed by atoms with van der Waals surface area (Å²) in [6.07, 6.45) is 3.98. The molecule has 0 fully saturated rings. The van der Waals surface area contributed by atoms with Crippen LogP contribution in [0.1, 0.15) is 56.0 Å². The molecule has 0 atom stereocenters. The topological polar surface area (TPSA) is 0 Å². The molecule has 0 amide bonds. The molecule has 0 bridgehead atoms. The predicted molar refractivity (Wildman–Crippen MR) is 114 cm³/mol. The van der Waals surface area contributed by atoms with E-state index in [0.29, 0.717) is 0 Å². The van der Waals surface area contributed by atoms with Gasteiger partial charge in [-0.25, -0.2) is 0 Å². The van der Waals surface area contributed by atoms with E-state index in [1.165, 1.54) is 33.4 Å². The summed E-state index contributed by atoms with van der Waals surface area (Å²) >= 11 is 0. The number of aryl methyl sites for hydroxylation is 4. The van der Waals surface area contributed by atoms with Crippen LogP contribution in [0.25, 0.3) is 5.57 Å². The van der Waals surface area contributed by atoms with Crippen molar-refractivity contribution in [1.82, 2.24) is 0 Å². The van der Waals surface area contributed by atoms with Crippen LogP contribution in [-0.2, 0) is 0 Å². The van der Waals surface area contributed by atoms with E-state index >= 15 is 0 Å². The first-order valence-electron chi connectivity index (χ1n) is 8.37. The van der Waals surface area contributed by atoms with Gasteiger partial charge in [-0.05, 0) is 56.9 Å². The van der Waals surface area contributed by atoms with Crippen LogP contribution in [0.15, 0.2) is 61.2 Å². The van der Waals surface area contributed by atoms with Crippen LogP contribution in [0.2, 0.25) is 0 Å². The minimum atomic E-state index is 0. The third-order valence-electron chi connectivity index (χ3n) is 3.51.